The first-order valence-corrected chi connectivity index (χ1v) is 6.11. The molecular formula is C10H7F17O3. The molecule has 0 saturated heterocycles. The summed E-state index contributed by atoms with van der Waals surface area (Å²) in [4.78, 5) is 11.8. The van der Waals surface area contributed by atoms with E-state index in [1.165, 1.54) is 0 Å². The normalized spacial score (nSPS) is 16.9. The number of carbonyl (C=O) groups excluding carboxylic acids is 1. The molecule has 0 aromatic carbocycles. The molecule has 0 aliphatic heterocycles. The largest absolute Gasteiger partial charge is 0.559 e. The van der Waals surface area contributed by atoms with E-state index in [9.17, 15) is 79.6 Å². The van der Waals surface area contributed by atoms with Gasteiger partial charge in [-0.05, 0) is 4.53 Å². The molecule has 20 heteroatoms. The maximum Gasteiger partial charge on any atom is 0.559 e. The van der Waals surface area contributed by atoms with Gasteiger partial charge in [0.1, 0.15) is 6.61 Å². The van der Waals surface area contributed by atoms with E-state index in [0.29, 0.717) is 0 Å². The number of ether oxygens (including phenoxy) is 1. The van der Waals surface area contributed by atoms with Gasteiger partial charge in [0.15, 0.2) is 6.67 Å². The third-order valence-electron chi connectivity index (χ3n) is 1.98. The number of hydrogen-bond donors (Lipinski definition) is 0. The molecule has 0 saturated carbocycles. The highest BCUT2D eigenvalue weighted by Gasteiger charge is 2.63. The highest BCUT2D eigenvalue weighted by molar-refractivity contribution is 5.84. The van der Waals surface area contributed by atoms with Crippen molar-refractivity contribution in [3.05, 3.63) is 0 Å². The molecule has 0 radical (unpaired) electrons. The van der Waals surface area contributed by atoms with Gasteiger partial charge in [0, 0.05) is 6.92 Å². The molecule has 0 aromatic heterocycles. The van der Waals surface area contributed by atoms with Crippen LogP contribution in [0.5, 0.6) is 0 Å². The first kappa shape index (κ1) is 33.0. The lowest BCUT2D eigenvalue weighted by Crippen LogP contribution is -2.47. The van der Waals surface area contributed by atoms with Crippen molar-refractivity contribution in [2.45, 2.75) is 43.6 Å². The van der Waals surface area contributed by atoms with Gasteiger partial charge in [-0.2, -0.15) is 48.3 Å². The number of hydrogen-bond acceptors (Lipinski definition) is 3. The van der Waals surface area contributed by atoms with Crippen LogP contribution in [0.2, 0.25) is 0 Å². The average molecular weight is 498 g/mol. The summed E-state index contributed by atoms with van der Waals surface area (Å²) >= 11 is 0. The summed E-state index contributed by atoms with van der Waals surface area (Å²) in [5, 5.41) is 0. The lowest BCUT2D eigenvalue weighted by molar-refractivity contribution is -0.379. The molecule has 0 aromatic rings. The maximum absolute atomic E-state index is 12.3. The number of halogens is 17. The van der Waals surface area contributed by atoms with Crippen LogP contribution in [-0.2, 0) is 14.5 Å². The van der Waals surface area contributed by atoms with Gasteiger partial charge in [-0.25, -0.2) is 4.39 Å². The number of rotatable bonds is 5. The fraction of sp³-hybridized carbons (Fsp3) is 0.900. The molecule has 0 aliphatic rings. The summed E-state index contributed by atoms with van der Waals surface area (Å²) < 4.78 is 191. The molecule has 2 unspecified atom stereocenters. The predicted molar refractivity (Wildman–Crippen MR) is 57.8 cm³/mol. The van der Waals surface area contributed by atoms with Gasteiger partial charge in [-0.15, -0.1) is 22.5 Å². The van der Waals surface area contributed by atoms with Crippen LogP contribution < -0.4 is 0 Å². The van der Waals surface area contributed by atoms with Gasteiger partial charge in [0.2, 0.25) is 5.78 Å². The molecule has 0 heterocycles. The number of Topliss-reactive ketones (excluding diaryl/α,β-unsaturated/α-hetero) is 1. The number of carbonyl (C=O) groups is 1. The van der Waals surface area contributed by atoms with Crippen LogP contribution in [-0.4, -0.2) is 55.7 Å². The Balaban J connectivity index is -0.000000405. The third kappa shape index (κ3) is 13.6. The number of ketones is 1. The fourth-order valence-corrected chi connectivity index (χ4v) is 0.690. The van der Waals surface area contributed by atoms with Crippen molar-refractivity contribution in [3.63, 3.8) is 0 Å². The molecule has 0 aliphatic carbocycles. The maximum atomic E-state index is 12.3. The summed E-state index contributed by atoms with van der Waals surface area (Å²) in [5.41, 5.74) is 0. The van der Waals surface area contributed by atoms with Crippen LogP contribution in [0.1, 0.15) is 6.92 Å². The molecule has 184 valence electrons. The van der Waals surface area contributed by atoms with Crippen molar-refractivity contribution in [2.75, 3.05) is 13.3 Å². The summed E-state index contributed by atoms with van der Waals surface area (Å²) in [6.07, 6.45) is -22.2. The Hall–Kier alpha value is -1.60. The van der Waals surface area contributed by atoms with Crippen molar-refractivity contribution in [2.24, 2.45) is 0 Å². The predicted octanol–water partition coefficient (Wildman–Crippen LogP) is 5.94. The van der Waals surface area contributed by atoms with E-state index in [1.807, 2.05) is 4.94 Å². The summed E-state index contributed by atoms with van der Waals surface area (Å²) in [5.74, 6) is -11.8. The second-order valence-corrected chi connectivity index (χ2v) is 4.42. The van der Waals surface area contributed by atoms with Crippen LogP contribution in [0.4, 0.5) is 74.8 Å². The van der Waals surface area contributed by atoms with Gasteiger partial charge in [0.05, 0.1) is 0 Å². The van der Waals surface area contributed by atoms with Crippen LogP contribution in [0.3, 0.4) is 0 Å². The lowest BCUT2D eigenvalue weighted by atomic mass is 10.2. The van der Waals surface area contributed by atoms with Crippen LogP contribution >= 0.6 is 0 Å². The second kappa shape index (κ2) is 11.1. The Morgan fingerprint density at radius 3 is 1.17 bits per heavy atom. The topological polar surface area (TPSA) is 35.5 Å². The van der Waals surface area contributed by atoms with E-state index in [1.54, 1.807) is 0 Å². The molecule has 0 bridgehead atoms. The monoisotopic (exact) mass is 498 g/mol. The second-order valence-electron chi connectivity index (χ2n) is 4.42. The van der Waals surface area contributed by atoms with Crippen molar-refractivity contribution in [3.8, 4) is 0 Å². The molecule has 0 rings (SSSR count). The molecular weight excluding hydrogens is 491 g/mol. The van der Waals surface area contributed by atoms with E-state index in [0.717, 1.165) is 0 Å². The highest BCUT2D eigenvalue weighted by atomic mass is 19.5. The van der Waals surface area contributed by atoms with Crippen molar-refractivity contribution < 1.29 is 89.2 Å². The van der Waals surface area contributed by atoms with E-state index in [4.69, 9.17) is 0 Å². The van der Waals surface area contributed by atoms with Crippen molar-refractivity contribution in [1.82, 2.24) is 0 Å². The fourth-order valence-electron chi connectivity index (χ4n) is 0.690. The Bertz CT molecular complexity index is 500. The molecule has 3 nitrogen and oxygen atoms in total. The van der Waals surface area contributed by atoms with Gasteiger partial charge in [-0.3, -0.25) is 4.79 Å². The zero-order valence-electron chi connectivity index (χ0n) is 13.6. The summed E-state index contributed by atoms with van der Waals surface area (Å²) in [6, 6.07) is 0. The molecule has 0 fully saturated rings. The first-order chi connectivity index (χ1) is 12.8. The highest BCUT2D eigenvalue weighted by Crippen LogP contribution is 2.37. The van der Waals surface area contributed by atoms with Crippen LogP contribution in [0.15, 0.2) is 0 Å². The molecule has 0 N–H and O–H groups in total. The quantitative estimate of drug-likeness (QED) is 0.441. The minimum atomic E-state index is -5.84. The van der Waals surface area contributed by atoms with Gasteiger partial charge < -0.3 is 4.74 Å². The smallest absolute Gasteiger partial charge is 0.327 e. The van der Waals surface area contributed by atoms with Crippen LogP contribution in [0, 0.1) is 0 Å². The molecule has 0 spiro atoms. The molecule has 0 amide bonds. The van der Waals surface area contributed by atoms with Crippen molar-refractivity contribution in [1.29, 1.82) is 0 Å². The number of alkyl halides is 16. The van der Waals surface area contributed by atoms with Crippen molar-refractivity contribution >= 4 is 5.78 Å². The Morgan fingerprint density at radius 2 is 1.07 bits per heavy atom. The van der Waals surface area contributed by atoms with Crippen LogP contribution in [0.25, 0.3) is 0 Å². The zero-order chi connectivity index (χ0) is 25.4. The molecule has 30 heavy (non-hydrogen) atoms. The SMILES string of the molecule is CC(=O)C(F)(OF)C(F)(F)F.FC(F)(F)F.FCC(F)(OCC(F)(F)F)C(F)(F)F. The van der Waals surface area contributed by atoms with E-state index in [-0.39, 0.29) is 6.92 Å². The zero-order valence-corrected chi connectivity index (χ0v) is 13.6. The standard InChI is InChI=1S/C5H4F8O.C4H3F5O2.CF4/c6-1-3(7,5(11,12)13)14-2-4(8,9)10;1-2(10)3(5,11-9)4(6,7)8;2-1(3,4)5/h1-2H2;1H3;. The summed E-state index contributed by atoms with van der Waals surface area (Å²) in [7, 11) is 0. The Morgan fingerprint density at radius 1 is 0.733 bits per heavy atom. The third-order valence-corrected chi connectivity index (χ3v) is 1.98. The van der Waals surface area contributed by atoms with Gasteiger partial charge >= 0.3 is 36.7 Å². The summed E-state index contributed by atoms with van der Waals surface area (Å²) in [6.45, 7) is -5.01. The minimum Gasteiger partial charge on any atom is -0.327 e. The lowest BCUT2D eigenvalue weighted by Gasteiger charge is -2.25. The Kier molecular flexibility index (Phi) is 12.3. The molecule has 2 atom stereocenters. The van der Waals surface area contributed by atoms with Gasteiger partial charge in [0.25, 0.3) is 0 Å². The van der Waals surface area contributed by atoms with E-state index < -0.39 is 55.7 Å². The average Bonchev–Trinajstić information content (AvgIpc) is 2.47. The minimum absolute atomic E-state index is 0.229. The Labute approximate surface area is 153 Å². The first-order valence-electron chi connectivity index (χ1n) is 6.11. The van der Waals surface area contributed by atoms with Gasteiger partial charge in [-0.1, -0.05) is 0 Å². The van der Waals surface area contributed by atoms with E-state index >= 15 is 0 Å². The van der Waals surface area contributed by atoms with E-state index in [2.05, 4.69) is 4.74 Å².